The van der Waals surface area contributed by atoms with Crippen LogP contribution in [0.1, 0.15) is 41.1 Å². The van der Waals surface area contributed by atoms with Crippen molar-refractivity contribution in [2.24, 2.45) is 0 Å². The molecule has 2 aliphatic rings. The van der Waals surface area contributed by atoms with E-state index in [2.05, 4.69) is 45.4 Å². The number of benzene rings is 2. The Morgan fingerprint density at radius 1 is 0.967 bits per heavy atom. The molecule has 2 aromatic rings. The Morgan fingerprint density at radius 2 is 1.73 bits per heavy atom. The Kier molecular flexibility index (Phi) is 7.32. The molecule has 0 bridgehead atoms. The normalized spacial score (nSPS) is 21.1. The lowest BCUT2D eigenvalue weighted by Crippen LogP contribution is -2.43. The zero-order valence-corrected chi connectivity index (χ0v) is 18.7. The highest BCUT2D eigenvalue weighted by atomic mass is 35.5. The first-order valence-electron chi connectivity index (χ1n) is 10.8. The lowest BCUT2D eigenvalue weighted by atomic mass is 9.89. The quantitative estimate of drug-likeness (QED) is 0.700. The van der Waals surface area contributed by atoms with Gasteiger partial charge in [-0.25, -0.2) is 0 Å². The van der Waals surface area contributed by atoms with Crippen LogP contribution in [0.3, 0.4) is 0 Å². The molecule has 30 heavy (non-hydrogen) atoms. The van der Waals surface area contributed by atoms with Crippen molar-refractivity contribution in [3.05, 3.63) is 69.7 Å². The van der Waals surface area contributed by atoms with Crippen LogP contribution < -0.4 is 5.32 Å². The van der Waals surface area contributed by atoms with E-state index in [1.165, 1.54) is 37.9 Å². The van der Waals surface area contributed by atoms with Gasteiger partial charge in [-0.1, -0.05) is 53.5 Å². The molecule has 2 aromatic carbocycles. The van der Waals surface area contributed by atoms with Crippen LogP contribution in [0, 0.1) is 0 Å². The number of halogens is 2. The fourth-order valence-electron chi connectivity index (χ4n) is 4.70. The summed E-state index contributed by atoms with van der Waals surface area (Å²) >= 11 is 11.9. The molecule has 0 aliphatic carbocycles. The molecule has 2 saturated heterocycles. The Bertz CT molecular complexity index is 853. The molecule has 0 saturated carbocycles. The predicted molar refractivity (Wildman–Crippen MR) is 124 cm³/mol. The predicted octanol–water partition coefficient (Wildman–Crippen LogP) is 4.68. The Balaban J connectivity index is 1.18. The van der Waals surface area contributed by atoms with Gasteiger partial charge in [0, 0.05) is 31.2 Å². The molecule has 2 heterocycles. The number of carbonyl (C=O) groups excluding carboxylic acids is 1. The fourth-order valence-corrected chi connectivity index (χ4v) is 5.00. The molecule has 4 rings (SSSR count). The van der Waals surface area contributed by atoms with Crippen molar-refractivity contribution in [2.45, 2.75) is 31.2 Å². The van der Waals surface area contributed by atoms with E-state index >= 15 is 0 Å². The van der Waals surface area contributed by atoms with Crippen LogP contribution in [-0.4, -0.2) is 61.0 Å². The van der Waals surface area contributed by atoms with Gasteiger partial charge in [-0.3, -0.25) is 14.6 Å². The van der Waals surface area contributed by atoms with Crippen LogP contribution in [0.4, 0.5) is 0 Å². The van der Waals surface area contributed by atoms with Crippen LogP contribution in [-0.2, 0) is 0 Å². The number of likely N-dealkylation sites (tertiary alicyclic amines) is 2. The second kappa shape index (κ2) is 10.1. The molecular weight excluding hydrogens is 417 g/mol. The topological polar surface area (TPSA) is 35.6 Å². The summed E-state index contributed by atoms with van der Waals surface area (Å²) in [6, 6.07) is 16.6. The van der Waals surface area contributed by atoms with Gasteiger partial charge in [-0.15, -0.1) is 0 Å². The molecule has 0 radical (unpaired) electrons. The molecular formula is C24H29Cl2N3O. The molecule has 160 valence electrons. The van der Waals surface area contributed by atoms with Gasteiger partial charge in [-0.05, 0) is 68.6 Å². The van der Waals surface area contributed by atoms with Crippen LogP contribution >= 0.6 is 23.2 Å². The largest absolute Gasteiger partial charge is 0.351 e. The number of piperidine rings is 1. The van der Waals surface area contributed by atoms with Crippen molar-refractivity contribution >= 4 is 29.1 Å². The molecule has 0 aromatic heterocycles. The molecule has 1 N–H and O–H groups in total. The Labute approximate surface area is 189 Å². The highest BCUT2D eigenvalue weighted by Gasteiger charge is 2.30. The smallest absolute Gasteiger partial charge is 0.251 e. The first-order chi connectivity index (χ1) is 14.6. The lowest BCUT2D eigenvalue weighted by molar-refractivity contribution is 0.0948. The van der Waals surface area contributed by atoms with Gasteiger partial charge < -0.3 is 5.32 Å². The van der Waals surface area contributed by atoms with Crippen molar-refractivity contribution in [3.63, 3.8) is 0 Å². The van der Waals surface area contributed by atoms with Crippen molar-refractivity contribution < 1.29 is 4.79 Å². The minimum absolute atomic E-state index is 0.104. The molecule has 2 aliphatic heterocycles. The number of nitrogens with one attached hydrogen (secondary N) is 1. The minimum atomic E-state index is -0.104. The molecule has 1 unspecified atom stereocenters. The molecule has 2 fully saturated rings. The van der Waals surface area contributed by atoms with Crippen LogP contribution in [0.2, 0.25) is 10.0 Å². The molecule has 4 nitrogen and oxygen atoms in total. The first kappa shape index (κ1) is 21.6. The monoisotopic (exact) mass is 445 g/mol. The third-order valence-electron chi connectivity index (χ3n) is 6.46. The second-order valence-corrected chi connectivity index (χ2v) is 9.16. The first-order valence-corrected chi connectivity index (χ1v) is 11.6. The lowest BCUT2D eigenvalue weighted by Gasteiger charge is -2.36. The summed E-state index contributed by atoms with van der Waals surface area (Å²) in [6.45, 7) is 6.09. The van der Waals surface area contributed by atoms with Gasteiger partial charge in [0.1, 0.15) is 0 Å². The van der Waals surface area contributed by atoms with Gasteiger partial charge in [0.05, 0.1) is 10.0 Å². The van der Waals surface area contributed by atoms with Crippen molar-refractivity contribution in [1.29, 1.82) is 0 Å². The third-order valence-corrected chi connectivity index (χ3v) is 7.20. The van der Waals surface area contributed by atoms with Crippen molar-refractivity contribution in [2.75, 3.05) is 39.3 Å². The third kappa shape index (κ3) is 5.36. The van der Waals surface area contributed by atoms with Gasteiger partial charge in [0.2, 0.25) is 0 Å². The van der Waals surface area contributed by atoms with Crippen molar-refractivity contribution in [1.82, 2.24) is 15.1 Å². The number of hydrogen-bond acceptors (Lipinski definition) is 3. The number of amides is 1. The average Bonchev–Trinajstić information content (AvgIpc) is 3.25. The van der Waals surface area contributed by atoms with Crippen LogP contribution in [0.25, 0.3) is 0 Å². The average molecular weight is 446 g/mol. The zero-order chi connectivity index (χ0) is 20.9. The van der Waals surface area contributed by atoms with Gasteiger partial charge in [0.25, 0.3) is 5.91 Å². The summed E-state index contributed by atoms with van der Waals surface area (Å²) in [4.78, 5) is 17.4. The van der Waals surface area contributed by atoms with Gasteiger partial charge in [-0.2, -0.15) is 0 Å². The maximum atomic E-state index is 12.3. The van der Waals surface area contributed by atoms with E-state index in [4.69, 9.17) is 23.2 Å². The fraction of sp³-hybridized carbons (Fsp3) is 0.458. The molecule has 1 atom stereocenters. The van der Waals surface area contributed by atoms with E-state index < -0.39 is 0 Å². The SMILES string of the molecule is O=C(NCCN1CCC(N2CCC(c3ccccc3)CC2)C1)c1ccc(Cl)c(Cl)c1. The van der Waals surface area contributed by atoms with E-state index in [1.807, 2.05) is 0 Å². The van der Waals surface area contributed by atoms with E-state index in [1.54, 1.807) is 18.2 Å². The summed E-state index contributed by atoms with van der Waals surface area (Å²) in [5.41, 5.74) is 2.04. The van der Waals surface area contributed by atoms with Gasteiger partial charge in [0.15, 0.2) is 0 Å². The zero-order valence-electron chi connectivity index (χ0n) is 17.2. The number of carbonyl (C=O) groups is 1. The highest BCUT2D eigenvalue weighted by molar-refractivity contribution is 6.42. The summed E-state index contributed by atoms with van der Waals surface area (Å²) in [6.07, 6.45) is 3.72. The van der Waals surface area contributed by atoms with Crippen LogP contribution in [0.5, 0.6) is 0 Å². The summed E-state index contributed by atoms with van der Waals surface area (Å²) in [5.74, 6) is 0.601. The number of hydrogen-bond donors (Lipinski definition) is 1. The standard InChI is InChI=1S/C24H29Cl2N3O/c25-22-7-6-20(16-23(22)26)24(30)27-11-15-28-12-10-21(17-28)29-13-8-19(9-14-29)18-4-2-1-3-5-18/h1-7,16,19,21H,8-15,17H2,(H,27,30). The molecule has 1 amide bonds. The maximum absolute atomic E-state index is 12.3. The van der Waals surface area contributed by atoms with Crippen molar-refractivity contribution in [3.8, 4) is 0 Å². The van der Waals surface area contributed by atoms with Crippen LogP contribution in [0.15, 0.2) is 48.5 Å². The number of nitrogens with zero attached hydrogens (tertiary/aromatic N) is 2. The van der Waals surface area contributed by atoms with E-state index in [-0.39, 0.29) is 5.91 Å². The van der Waals surface area contributed by atoms with E-state index in [9.17, 15) is 4.79 Å². The Hall–Kier alpha value is -1.59. The molecule has 0 spiro atoms. The van der Waals surface area contributed by atoms with E-state index in [0.717, 1.165) is 19.6 Å². The summed E-state index contributed by atoms with van der Waals surface area (Å²) < 4.78 is 0. The number of rotatable bonds is 6. The summed E-state index contributed by atoms with van der Waals surface area (Å²) in [5, 5.41) is 3.86. The highest BCUT2D eigenvalue weighted by Crippen LogP contribution is 2.30. The molecule has 6 heteroatoms. The summed E-state index contributed by atoms with van der Waals surface area (Å²) in [7, 11) is 0. The second-order valence-electron chi connectivity index (χ2n) is 8.35. The van der Waals surface area contributed by atoms with E-state index in [0.29, 0.717) is 34.1 Å². The van der Waals surface area contributed by atoms with Gasteiger partial charge >= 0.3 is 0 Å². The minimum Gasteiger partial charge on any atom is -0.351 e. The Morgan fingerprint density at radius 3 is 2.47 bits per heavy atom. The maximum Gasteiger partial charge on any atom is 0.251 e.